The molecular weight excluding hydrogens is 324 g/mol. The third-order valence-corrected chi connectivity index (χ3v) is 4.07. The highest BCUT2D eigenvalue weighted by Gasteiger charge is 2.28. The number of esters is 1. The average Bonchev–Trinajstić information content (AvgIpc) is 2.62. The van der Waals surface area contributed by atoms with Crippen molar-refractivity contribution in [3.05, 3.63) is 29.8 Å². The van der Waals surface area contributed by atoms with Gasteiger partial charge < -0.3 is 19.7 Å². The lowest BCUT2D eigenvalue weighted by Crippen LogP contribution is -2.41. The Hall–Kier alpha value is -2.57. The van der Waals surface area contributed by atoms with Gasteiger partial charge in [-0.1, -0.05) is 12.1 Å². The van der Waals surface area contributed by atoms with Gasteiger partial charge in [0.15, 0.2) is 0 Å². The highest BCUT2D eigenvalue weighted by atomic mass is 16.6. The van der Waals surface area contributed by atoms with Crippen LogP contribution in [0.4, 0.5) is 10.5 Å². The third-order valence-electron chi connectivity index (χ3n) is 4.07. The van der Waals surface area contributed by atoms with Gasteiger partial charge in [-0.3, -0.25) is 4.79 Å². The largest absolute Gasteiger partial charge is 0.462 e. The Kier molecular flexibility index (Phi) is 6.80. The lowest BCUT2D eigenvalue weighted by molar-refractivity contribution is -0.121. The lowest BCUT2D eigenvalue weighted by atomic mass is 9.96. The number of benzene rings is 1. The van der Waals surface area contributed by atoms with Gasteiger partial charge in [0.25, 0.3) is 0 Å². The van der Waals surface area contributed by atoms with E-state index in [-0.39, 0.29) is 24.5 Å². The van der Waals surface area contributed by atoms with Crippen molar-refractivity contribution in [3.63, 3.8) is 0 Å². The zero-order valence-electron chi connectivity index (χ0n) is 14.6. The van der Waals surface area contributed by atoms with Crippen LogP contribution in [0.2, 0.25) is 0 Å². The van der Waals surface area contributed by atoms with Gasteiger partial charge in [0.2, 0.25) is 5.91 Å². The summed E-state index contributed by atoms with van der Waals surface area (Å²) in [4.78, 5) is 37.8. The number of carbonyl (C=O) groups excluding carboxylic acids is 3. The zero-order valence-corrected chi connectivity index (χ0v) is 14.6. The number of hydrogen-bond donors (Lipinski definition) is 1. The SMILES string of the molecule is CCOC(=O)c1ccccc1NC(=O)C1CCN(C(=O)OCC)CC1. The number of nitrogens with one attached hydrogen (secondary N) is 1. The summed E-state index contributed by atoms with van der Waals surface area (Å²) in [6, 6.07) is 6.77. The second-order valence-corrected chi connectivity index (χ2v) is 5.72. The predicted molar refractivity (Wildman–Crippen MR) is 92.3 cm³/mol. The van der Waals surface area contributed by atoms with Crippen LogP contribution in [-0.4, -0.2) is 49.2 Å². The van der Waals surface area contributed by atoms with Crippen LogP contribution in [0.3, 0.4) is 0 Å². The van der Waals surface area contributed by atoms with E-state index < -0.39 is 5.97 Å². The molecule has 1 N–H and O–H groups in total. The van der Waals surface area contributed by atoms with Crippen molar-refractivity contribution in [1.29, 1.82) is 0 Å². The van der Waals surface area contributed by atoms with Gasteiger partial charge in [0, 0.05) is 19.0 Å². The molecule has 2 rings (SSSR count). The first-order chi connectivity index (χ1) is 12.1. The number of piperidine rings is 1. The Morgan fingerprint density at radius 3 is 2.36 bits per heavy atom. The molecule has 7 nitrogen and oxygen atoms in total. The van der Waals surface area contributed by atoms with E-state index in [1.807, 2.05) is 0 Å². The van der Waals surface area contributed by atoms with E-state index in [1.165, 1.54) is 0 Å². The summed E-state index contributed by atoms with van der Waals surface area (Å²) in [6.07, 6.45) is 0.785. The predicted octanol–water partition coefficient (Wildman–Crippen LogP) is 2.67. The maximum absolute atomic E-state index is 12.5. The first kappa shape index (κ1) is 18.8. The number of nitrogens with zero attached hydrogens (tertiary/aromatic N) is 1. The van der Waals surface area contributed by atoms with Gasteiger partial charge in [-0.2, -0.15) is 0 Å². The maximum Gasteiger partial charge on any atom is 0.409 e. The van der Waals surface area contributed by atoms with Crippen molar-refractivity contribution in [2.45, 2.75) is 26.7 Å². The Morgan fingerprint density at radius 1 is 1.08 bits per heavy atom. The van der Waals surface area contributed by atoms with Crippen molar-refractivity contribution in [2.75, 3.05) is 31.6 Å². The second-order valence-electron chi connectivity index (χ2n) is 5.72. The summed E-state index contributed by atoms with van der Waals surface area (Å²) in [5, 5.41) is 2.81. The summed E-state index contributed by atoms with van der Waals surface area (Å²) in [6.45, 7) is 5.07. The van der Waals surface area contributed by atoms with Crippen LogP contribution in [0, 0.1) is 5.92 Å². The molecule has 1 saturated heterocycles. The van der Waals surface area contributed by atoms with Gasteiger partial charge >= 0.3 is 12.1 Å². The van der Waals surface area contributed by atoms with E-state index in [1.54, 1.807) is 43.0 Å². The number of amides is 2. The summed E-state index contributed by atoms with van der Waals surface area (Å²) < 4.78 is 9.98. The fourth-order valence-electron chi connectivity index (χ4n) is 2.75. The standard InChI is InChI=1S/C18H24N2O5/c1-3-24-17(22)14-7-5-6-8-15(14)19-16(21)13-9-11-20(12-10-13)18(23)25-4-2/h5-8,13H,3-4,9-12H2,1-2H3,(H,19,21). The molecule has 0 atom stereocenters. The quantitative estimate of drug-likeness (QED) is 0.827. The Labute approximate surface area is 147 Å². The molecular formula is C18H24N2O5. The first-order valence-electron chi connectivity index (χ1n) is 8.55. The zero-order chi connectivity index (χ0) is 18.2. The van der Waals surface area contributed by atoms with Gasteiger partial charge in [-0.05, 0) is 38.8 Å². The highest BCUT2D eigenvalue weighted by molar-refractivity contribution is 6.01. The van der Waals surface area contributed by atoms with Crippen LogP contribution in [0.1, 0.15) is 37.0 Å². The molecule has 0 bridgehead atoms. The van der Waals surface area contributed by atoms with Crippen LogP contribution in [0.5, 0.6) is 0 Å². The lowest BCUT2D eigenvalue weighted by Gasteiger charge is -2.30. The molecule has 25 heavy (non-hydrogen) atoms. The monoisotopic (exact) mass is 348 g/mol. The van der Waals surface area contributed by atoms with E-state index in [0.717, 1.165) is 0 Å². The Morgan fingerprint density at radius 2 is 1.72 bits per heavy atom. The fraction of sp³-hybridized carbons (Fsp3) is 0.500. The molecule has 1 aliphatic heterocycles. The number of hydrogen-bond acceptors (Lipinski definition) is 5. The summed E-state index contributed by atoms with van der Waals surface area (Å²) >= 11 is 0. The maximum atomic E-state index is 12.5. The van der Waals surface area contributed by atoms with Crippen LogP contribution < -0.4 is 5.32 Å². The molecule has 0 unspecified atom stereocenters. The van der Waals surface area contributed by atoms with Crippen molar-refractivity contribution >= 4 is 23.7 Å². The van der Waals surface area contributed by atoms with Crippen molar-refractivity contribution in [2.24, 2.45) is 5.92 Å². The molecule has 1 aliphatic rings. The van der Waals surface area contributed by atoms with E-state index in [0.29, 0.717) is 43.8 Å². The number of anilines is 1. The summed E-state index contributed by atoms with van der Waals surface area (Å²) in [5.41, 5.74) is 0.778. The molecule has 1 aromatic rings. The first-order valence-corrected chi connectivity index (χ1v) is 8.55. The van der Waals surface area contributed by atoms with E-state index >= 15 is 0 Å². The average molecular weight is 348 g/mol. The molecule has 0 radical (unpaired) electrons. The normalized spacial score (nSPS) is 14.7. The molecule has 1 fully saturated rings. The second kappa shape index (κ2) is 9.05. The van der Waals surface area contributed by atoms with Crippen LogP contribution in [-0.2, 0) is 14.3 Å². The van der Waals surface area contributed by atoms with E-state index in [2.05, 4.69) is 5.32 Å². The number of rotatable bonds is 5. The van der Waals surface area contributed by atoms with Crippen LogP contribution in [0.15, 0.2) is 24.3 Å². The summed E-state index contributed by atoms with van der Waals surface area (Å²) in [5.74, 6) is -0.822. The number of likely N-dealkylation sites (tertiary alicyclic amines) is 1. The summed E-state index contributed by atoms with van der Waals surface area (Å²) in [7, 11) is 0. The molecule has 0 aliphatic carbocycles. The van der Waals surface area contributed by atoms with Gasteiger partial charge in [-0.15, -0.1) is 0 Å². The molecule has 0 aromatic heterocycles. The van der Waals surface area contributed by atoms with E-state index in [4.69, 9.17) is 9.47 Å². The molecule has 2 amide bonds. The molecule has 0 saturated carbocycles. The highest BCUT2D eigenvalue weighted by Crippen LogP contribution is 2.22. The molecule has 7 heteroatoms. The van der Waals surface area contributed by atoms with Crippen molar-refractivity contribution in [1.82, 2.24) is 4.90 Å². The van der Waals surface area contributed by atoms with Crippen molar-refractivity contribution in [3.8, 4) is 0 Å². The molecule has 0 spiro atoms. The number of carbonyl (C=O) groups is 3. The third kappa shape index (κ3) is 4.95. The minimum absolute atomic E-state index is 0.153. The Balaban J connectivity index is 1.95. The molecule has 1 heterocycles. The topological polar surface area (TPSA) is 84.9 Å². The molecule has 1 aromatic carbocycles. The smallest absolute Gasteiger partial charge is 0.409 e. The minimum atomic E-state index is -0.462. The van der Waals surface area contributed by atoms with Gasteiger partial charge in [-0.25, -0.2) is 9.59 Å². The van der Waals surface area contributed by atoms with Crippen molar-refractivity contribution < 1.29 is 23.9 Å². The minimum Gasteiger partial charge on any atom is -0.462 e. The number of para-hydroxylation sites is 1. The Bertz CT molecular complexity index is 624. The van der Waals surface area contributed by atoms with Gasteiger partial charge in [0.05, 0.1) is 24.5 Å². The van der Waals surface area contributed by atoms with Gasteiger partial charge in [0.1, 0.15) is 0 Å². The van der Waals surface area contributed by atoms with E-state index in [9.17, 15) is 14.4 Å². The number of ether oxygens (including phenoxy) is 2. The molecule has 136 valence electrons. The fourth-order valence-corrected chi connectivity index (χ4v) is 2.75. The van der Waals surface area contributed by atoms with Crippen LogP contribution >= 0.6 is 0 Å². The van der Waals surface area contributed by atoms with Crippen LogP contribution in [0.25, 0.3) is 0 Å².